The smallest absolute Gasteiger partial charge is 0.408 e. The summed E-state index contributed by atoms with van der Waals surface area (Å²) in [4.78, 5) is 11.5. The number of oxazole rings is 1. The fraction of sp³-hybridized carbons (Fsp3) is 0.462. The Hall–Kier alpha value is -1.64. The van der Waals surface area contributed by atoms with Crippen molar-refractivity contribution in [2.45, 2.75) is 23.8 Å². The highest BCUT2D eigenvalue weighted by molar-refractivity contribution is 7.89. The Balaban J connectivity index is 1.87. The van der Waals surface area contributed by atoms with Crippen LogP contribution in [0.15, 0.2) is 32.3 Å². The van der Waals surface area contributed by atoms with E-state index in [9.17, 15) is 13.2 Å². The summed E-state index contributed by atoms with van der Waals surface area (Å²) in [6, 6.07) is 4.33. The van der Waals surface area contributed by atoms with Gasteiger partial charge in [-0.1, -0.05) is 0 Å². The molecule has 7 nitrogen and oxygen atoms in total. The Labute approximate surface area is 121 Å². The van der Waals surface area contributed by atoms with Gasteiger partial charge in [0.2, 0.25) is 10.0 Å². The van der Waals surface area contributed by atoms with Gasteiger partial charge in [-0.3, -0.25) is 4.57 Å². The Morgan fingerprint density at radius 1 is 1.43 bits per heavy atom. The van der Waals surface area contributed by atoms with E-state index in [4.69, 9.17) is 9.15 Å². The van der Waals surface area contributed by atoms with Gasteiger partial charge < -0.3 is 9.15 Å². The zero-order chi connectivity index (χ0) is 15.0. The second-order valence-corrected chi connectivity index (χ2v) is 6.81. The first-order valence-corrected chi connectivity index (χ1v) is 8.16. The predicted octanol–water partition coefficient (Wildman–Crippen LogP) is 0.589. The SMILES string of the molecule is Cn1c(=O)oc2ccc(S(=O)(=O)NC[C@H]3CCCO3)cc21. The van der Waals surface area contributed by atoms with Gasteiger partial charge in [0.15, 0.2) is 5.58 Å². The first kappa shape index (κ1) is 14.3. The van der Waals surface area contributed by atoms with E-state index in [1.54, 1.807) is 0 Å². The molecule has 1 saturated heterocycles. The molecule has 114 valence electrons. The summed E-state index contributed by atoms with van der Waals surface area (Å²) in [6.45, 7) is 0.931. The van der Waals surface area contributed by atoms with Crippen LogP contribution < -0.4 is 10.5 Å². The van der Waals surface area contributed by atoms with Crippen LogP contribution >= 0.6 is 0 Å². The lowest BCUT2D eigenvalue weighted by Crippen LogP contribution is -2.31. The van der Waals surface area contributed by atoms with Crippen molar-refractivity contribution in [1.82, 2.24) is 9.29 Å². The number of hydrogen-bond donors (Lipinski definition) is 1. The first-order chi connectivity index (χ1) is 9.97. The quantitative estimate of drug-likeness (QED) is 0.892. The minimum Gasteiger partial charge on any atom is -0.408 e. The number of hydrogen-bond acceptors (Lipinski definition) is 5. The van der Waals surface area contributed by atoms with Crippen LogP contribution in [0, 0.1) is 0 Å². The van der Waals surface area contributed by atoms with Crippen molar-refractivity contribution in [3.05, 3.63) is 28.7 Å². The fourth-order valence-corrected chi connectivity index (χ4v) is 3.45. The highest BCUT2D eigenvalue weighted by Crippen LogP contribution is 2.18. The average Bonchev–Trinajstić information content (AvgIpc) is 3.06. The normalized spacial score (nSPS) is 19.4. The van der Waals surface area contributed by atoms with E-state index in [1.165, 1.54) is 29.8 Å². The van der Waals surface area contributed by atoms with Crippen molar-refractivity contribution in [2.24, 2.45) is 7.05 Å². The largest absolute Gasteiger partial charge is 0.419 e. The molecule has 1 atom stereocenters. The van der Waals surface area contributed by atoms with E-state index in [0.29, 0.717) is 17.7 Å². The molecular weight excluding hydrogens is 296 g/mol. The maximum absolute atomic E-state index is 12.3. The molecule has 8 heteroatoms. The Kier molecular flexibility index (Phi) is 3.60. The van der Waals surface area contributed by atoms with Crippen LogP contribution in [0.1, 0.15) is 12.8 Å². The number of nitrogens with zero attached hydrogens (tertiary/aromatic N) is 1. The van der Waals surface area contributed by atoms with Crippen LogP contribution in [0.25, 0.3) is 11.1 Å². The van der Waals surface area contributed by atoms with Crippen LogP contribution in [-0.2, 0) is 21.8 Å². The summed E-state index contributed by atoms with van der Waals surface area (Å²) < 4.78 is 38.7. The summed E-state index contributed by atoms with van der Waals surface area (Å²) in [5, 5.41) is 0. The maximum atomic E-state index is 12.3. The summed E-state index contributed by atoms with van der Waals surface area (Å²) in [7, 11) is -2.10. The molecule has 0 bridgehead atoms. The van der Waals surface area contributed by atoms with Crippen LogP contribution in [-0.4, -0.2) is 32.2 Å². The van der Waals surface area contributed by atoms with Gasteiger partial charge >= 0.3 is 5.76 Å². The van der Waals surface area contributed by atoms with Gasteiger partial charge in [-0.2, -0.15) is 0 Å². The molecule has 3 rings (SSSR count). The minimum atomic E-state index is -3.63. The zero-order valence-electron chi connectivity index (χ0n) is 11.5. The molecule has 1 aromatic heterocycles. The average molecular weight is 312 g/mol. The van der Waals surface area contributed by atoms with Crippen molar-refractivity contribution in [2.75, 3.05) is 13.2 Å². The molecule has 1 aliphatic heterocycles. The summed E-state index contributed by atoms with van der Waals surface area (Å²) in [5.74, 6) is -0.521. The number of aryl methyl sites for hydroxylation is 1. The monoisotopic (exact) mass is 312 g/mol. The van der Waals surface area contributed by atoms with Crippen molar-refractivity contribution >= 4 is 21.1 Å². The number of nitrogens with one attached hydrogen (secondary N) is 1. The molecule has 0 amide bonds. The van der Waals surface area contributed by atoms with Gasteiger partial charge in [-0.15, -0.1) is 0 Å². The molecule has 1 aliphatic rings. The standard InChI is InChI=1S/C13H16N2O5S/c1-15-11-7-10(4-5-12(11)20-13(15)16)21(17,18)14-8-9-3-2-6-19-9/h4-5,7,9,14H,2-3,6,8H2,1H3/t9-/m1/s1. The third-order valence-electron chi connectivity index (χ3n) is 3.60. The molecule has 0 saturated carbocycles. The summed E-state index contributed by atoms with van der Waals surface area (Å²) in [5.41, 5.74) is 0.806. The summed E-state index contributed by atoms with van der Waals surface area (Å²) >= 11 is 0. The van der Waals surface area contributed by atoms with Gasteiger partial charge in [-0.25, -0.2) is 17.9 Å². The zero-order valence-corrected chi connectivity index (χ0v) is 12.4. The van der Waals surface area contributed by atoms with E-state index in [-0.39, 0.29) is 17.5 Å². The summed E-state index contributed by atoms with van der Waals surface area (Å²) in [6.07, 6.45) is 1.74. The lowest BCUT2D eigenvalue weighted by atomic mass is 10.2. The fourth-order valence-electron chi connectivity index (χ4n) is 2.36. The lowest BCUT2D eigenvalue weighted by Gasteiger charge is -2.11. The first-order valence-electron chi connectivity index (χ1n) is 6.68. The molecule has 1 aromatic carbocycles. The number of benzene rings is 1. The van der Waals surface area contributed by atoms with Gasteiger partial charge in [0.1, 0.15) is 0 Å². The van der Waals surface area contributed by atoms with Crippen molar-refractivity contribution in [1.29, 1.82) is 0 Å². The van der Waals surface area contributed by atoms with Crippen LogP contribution in [0.3, 0.4) is 0 Å². The number of ether oxygens (including phenoxy) is 1. The van der Waals surface area contributed by atoms with Gasteiger partial charge in [0.25, 0.3) is 0 Å². The third kappa shape index (κ3) is 2.74. The van der Waals surface area contributed by atoms with E-state index < -0.39 is 15.8 Å². The molecule has 0 spiro atoms. The number of rotatable bonds is 4. The molecule has 0 radical (unpaired) electrons. The van der Waals surface area contributed by atoms with Gasteiger partial charge in [0.05, 0.1) is 16.5 Å². The molecular formula is C13H16N2O5S. The topological polar surface area (TPSA) is 90.5 Å². The molecule has 0 unspecified atom stereocenters. The van der Waals surface area contributed by atoms with Crippen LogP contribution in [0.4, 0.5) is 0 Å². The van der Waals surface area contributed by atoms with Crippen LogP contribution in [0.2, 0.25) is 0 Å². The second kappa shape index (κ2) is 5.28. The van der Waals surface area contributed by atoms with Crippen LogP contribution in [0.5, 0.6) is 0 Å². The molecule has 1 N–H and O–H groups in total. The maximum Gasteiger partial charge on any atom is 0.419 e. The number of sulfonamides is 1. The third-order valence-corrected chi connectivity index (χ3v) is 5.02. The Morgan fingerprint density at radius 3 is 2.95 bits per heavy atom. The van der Waals surface area contributed by atoms with Gasteiger partial charge in [0, 0.05) is 20.2 Å². The van der Waals surface area contributed by atoms with Crippen molar-refractivity contribution < 1.29 is 17.6 Å². The molecule has 21 heavy (non-hydrogen) atoms. The molecule has 0 aliphatic carbocycles. The Morgan fingerprint density at radius 2 is 2.24 bits per heavy atom. The van der Waals surface area contributed by atoms with Gasteiger partial charge in [-0.05, 0) is 31.0 Å². The van der Waals surface area contributed by atoms with E-state index in [2.05, 4.69) is 4.72 Å². The van der Waals surface area contributed by atoms with E-state index in [0.717, 1.165) is 12.8 Å². The van der Waals surface area contributed by atoms with E-state index in [1.807, 2.05) is 0 Å². The lowest BCUT2D eigenvalue weighted by molar-refractivity contribution is 0.114. The number of fused-ring (bicyclic) bond motifs is 1. The predicted molar refractivity (Wildman–Crippen MR) is 75.6 cm³/mol. The Bertz CT molecular complexity index is 815. The number of aromatic nitrogens is 1. The van der Waals surface area contributed by atoms with Crippen molar-refractivity contribution in [3.8, 4) is 0 Å². The minimum absolute atomic E-state index is 0.0678. The molecule has 2 heterocycles. The van der Waals surface area contributed by atoms with Crippen molar-refractivity contribution in [3.63, 3.8) is 0 Å². The molecule has 1 fully saturated rings. The molecule has 2 aromatic rings. The highest BCUT2D eigenvalue weighted by Gasteiger charge is 2.21. The highest BCUT2D eigenvalue weighted by atomic mass is 32.2. The second-order valence-electron chi connectivity index (χ2n) is 5.04. The van der Waals surface area contributed by atoms with E-state index >= 15 is 0 Å².